The smallest absolute Gasteiger partial charge is 0.205 e. The van der Waals surface area contributed by atoms with Gasteiger partial charge in [0.2, 0.25) is 5.82 Å². The van der Waals surface area contributed by atoms with Gasteiger partial charge in [0.15, 0.2) is 10.9 Å². The van der Waals surface area contributed by atoms with E-state index in [0.29, 0.717) is 17.3 Å². The summed E-state index contributed by atoms with van der Waals surface area (Å²) in [6.07, 6.45) is 1.62. The molecule has 0 fully saturated rings. The van der Waals surface area contributed by atoms with Crippen LogP contribution in [0.15, 0.2) is 76.5 Å². The molecule has 4 nitrogen and oxygen atoms in total. The lowest BCUT2D eigenvalue weighted by molar-refractivity contribution is 0.575. The first-order chi connectivity index (χ1) is 12.7. The zero-order valence-electron chi connectivity index (χ0n) is 14.1. The number of hydrogen-bond donors (Lipinski definition) is 0. The van der Waals surface area contributed by atoms with Crippen molar-refractivity contribution in [3.05, 3.63) is 83.9 Å². The highest BCUT2D eigenvalue weighted by atomic mass is 32.2. The average Bonchev–Trinajstić information content (AvgIpc) is 3.30. The maximum absolute atomic E-state index is 13.1. The Morgan fingerprint density at radius 3 is 2.62 bits per heavy atom. The van der Waals surface area contributed by atoms with Crippen LogP contribution in [-0.4, -0.2) is 14.8 Å². The van der Waals surface area contributed by atoms with Crippen LogP contribution in [0.2, 0.25) is 0 Å². The number of halogens is 1. The largest absolute Gasteiger partial charge is 0.461 e. The molecule has 0 saturated heterocycles. The highest BCUT2D eigenvalue weighted by Crippen LogP contribution is 2.30. The maximum atomic E-state index is 13.1. The molecule has 0 bridgehead atoms. The minimum atomic E-state index is -0.234. The van der Waals surface area contributed by atoms with E-state index in [1.54, 1.807) is 30.2 Å². The Balaban J connectivity index is 1.71. The first-order valence-corrected chi connectivity index (χ1v) is 9.13. The molecule has 6 heteroatoms. The summed E-state index contributed by atoms with van der Waals surface area (Å²) < 4.78 is 20.6. The Kier molecular flexibility index (Phi) is 4.58. The van der Waals surface area contributed by atoms with Gasteiger partial charge >= 0.3 is 0 Å². The van der Waals surface area contributed by atoms with Crippen LogP contribution >= 0.6 is 11.8 Å². The van der Waals surface area contributed by atoms with E-state index in [4.69, 9.17) is 4.42 Å². The van der Waals surface area contributed by atoms with E-state index in [-0.39, 0.29) is 5.82 Å². The SMILES string of the molecule is Cc1cccc(-n2c(SCc3ccc(F)cc3)nnc2-c2ccco2)c1. The normalized spacial score (nSPS) is 11.0. The van der Waals surface area contributed by atoms with Crippen molar-refractivity contribution in [2.24, 2.45) is 0 Å². The third kappa shape index (κ3) is 3.41. The first kappa shape index (κ1) is 16.6. The summed E-state index contributed by atoms with van der Waals surface area (Å²) in [5, 5.41) is 9.44. The predicted octanol–water partition coefficient (Wildman–Crippen LogP) is 5.27. The Bertz CT molecular complexity index is 1010. The molecular formula is C20H16FN3OS. The fourth-order valence-electron chi connectivity index (χ4n) is 2.66. The number of thioether (sulfide) groups is 1. The van der Waals surface area contributed by atoms with Crippen molar-refractivity contribution in [3.63, 3.8) is 0 Å². The van der Waals surface area contributed by atoms with Crippen molar-refractivity contribution in [1.29, 1.82) is 0 Å². The van der Waals surface area contributed by atoms with Crippen molar-refractivity contribution in [2.45, 2.75) is 17.8 Å². The van der Waals surface area contributed by atoms with Gasteiger partial charge in [0.05, 0.1) is 12.0 Å². The first-order valence-electron chi connectivity index (χ1n) is 8.14. The van der Waals surface area contributed by atoms with E-state index in [0.717, 1.165) is 22.0 Å². The number of furan rings is 1. The lowest BCUT2D eigenvalue weighted by atomic mass is 10.2. The number of nitrogens with zero attached hydrogens (tertiary/aromatic N) is 3. The summed E-state index contributed by atoms with van der Waals surface area (Å²) in [6, 6.07) is 18.3. The van der Waals surface area contributed by atoms with Crippen LogP contribution in [-0.2, 0) is 5.75 Å². The molecule has 26 heavy (non-hydrogen) atoms. The molecule has 2 aromatic carbocycles. The van der Waals surface area contributed by atoms with Crippen LogP contribution in [0.1, 0.15) is 11.1 Å². The summed E-state index contributed by atoms with van der Waals surface area (Å²) >= 11 is 1.55. The zero-order valence-corrected chi connectivity index (χ0v) is 14.9. The van der Waals surface area contributed by atoms with Gasteiger partial charge in [-0.3, -0.25) is 4.57 Å². The van der Waals surface area contributed by atoms with Crippen molar-refractivity contribution >= 4 is 11.8 Å². The molecule has 4 rings (SSSR count). The quantitative estimate of drug-likeness (QED) is 0.452. The Labute approximate surface area is 154 Å². The fraction of sp³-hybridized carbons (Fsp3) is 0.100. The standard InChI is InChI=1S/C20H16FN3OS/c1-14-4-2-5-17(12-14)24-19(18-6-3-11-25-18)22-23-20(24)26-13-15-7-9-16(21)10-8-15/h2-12H,13H2,1H3. The van der Waals surface area contributed by atoms with Crippen molar-refractivity contribution in [2.75, 3.05) is 0 Å². The Morgan fingerprint density at radius 2 is 1.88 bits per heavy atom. The van der Waals surface area contributed by atoms with E-state index in [2.05, 4.69) is 16.3 Å². The van der Waals surface area contributed by atoms with Crippen molar-refractivity contribution < 1.29 is 8.81 Å². The van der Waals surface area contributed by atoms with Gasteiger partial charge in [-0.1, -0.05) is 36.0 Å². The second-order valence-electron chi connectivity index (χ2n) is 5.87. The number of rotatable bonds is 5. The molecule has 0 atom stereocenters. The minimum Gasteiger partial charge on any atom is -0.461 e. The molecular weight excluding hydrogens is 349 g/mol. The molecule has 0 spiro atoms. The van der Waals surface area contributed by atoms with Crippen molar-refractivity contribution in [1.82, 2.24) is 14.8 Å². The molecule has 0 aliphatic carbocycles. The van der Waals surface area contributed by atoms with Gasteiger partial charge in [-0.2, -0.15) is 0 Å². The number of benzene rings is 2. The molecule has 4 aromatic rings. The lowest BCUT2D eigenvalue weighted by Crippen LogP contribution is -1.99. The number of aromatic nitrogens is 3. The van der Waals surface area contributed by atoms with Gasteiger partial charge in [-0.25, -0.2) is 4.39 Å². The molecule has 2 heterocycles. The van der Waals surface area contributed by atoms with Gasteiger partial charge in [0.1, 0.15) is 5.82 Å². The molecule has 0 amide bonds. The van der Waals surface area contributed by atoms with Crippen LogP contribution in [0, 0.1) is 12.7 Å². The zero-order chi connectivity index (χ0) is 17.9. The maximum Gasteiger partial charge on any atom is 0.205 e. The number of hydrogen-bond acceptors (Lipinski definition) is 4. The Hall–Kier alpha value is -2.86. The van der Waals surface area contributed by atoms with Gasteiger partial charge in [0, 0.05) is 5.75 Å². The molecule has 0 N–H and O–H groups in total. The highest BCUT2D eigenvalue weighted by Gasteiger charge is 2.18. The molecule has 0 aliphatic rings. The molecule has 0 aliphatic heterocycles. The van der Waals surface area contributed by atoms with Gasteiger partial charge in [-0.05, 0) is 54.4 Å². The van der Waals surface area contributed by atoms with Crippen LogP contribution < -0.4 is 0 Å². The van der Waals surface area contributed by atoms with Gasteiger partial charge in [0.25, 0.3) is 0 Å². The molecule has 130 valence electrons. The van der Waals surface area contributed by atoms with Gasteiger partial charge < -0.3 is 4.42 Å². The third-order valence-electron chi connectivity index (χ3n) is 3.92. The minimum absolute atomic E-state index is 0.234. The second-order valence-corrected chi connectivity index (χ2v) is 6.82. The fourth-order valence-corrected chi connectivity index (χ4v) is 3.56. The second kappa shape index (κ2) is 7.17. The van der Waals surface area contributed by atoms with Crippen LogP contribution in [0.3, 0.4) is 0 Å². The number of aryl methyl sites for hydroxylation is 1. The predicted molar refractivity (Wildman–Crippen MR) is 99.8 cm³/mol. The monoisotopic (exact) mass is 365 g/mol. The summed E-state index contributed by atoms with van der Waals surface area (Å²) in [4.78, 5) is 0. The van der Waals surface area contributed by atoms with E-state index in [9.17, 15) is 4.39 Å². The van der Waals surface area contributed by atoms with Crippen LogP contribution in [0.5, 0.6) is 0 Å². The molecule has 0 saturated carbocycles. The summed E-state index contributed by atoms with van der Waals surface area (Å²) in [5.41, 5.74) is 3.15. The molecule has 0 unspecified atom stereocenters. The Morgan fingerprint density at radius 1 is 1.04 bits per heavy atom. The van der Waals surface area contributed by atoms with E-state index < -0.39 is 0 Å². The molecule has 0 radical (unpaired) electrons. The summed E-state index contributed by atoms with van der Waals surface area (Å²) in [7, 11) is 0. The third-order valence-corrected chi connectivity index (χ3v) is 4.92. The van der Waals surface area contributed by atoms with Crippen LogP contribution in [0.4, 0.5) is 4.39 Å². The van der Waals surface area contributed by atoms with E-state index in [1.165, 1.54) is 12.1 Å². The van der Waals surface area contributed by atoms with Gasteiger partial charge in [-0.15, -0.1) is 10.2 Å². The average molecular weight is 365 g/mol. The lowest BCUT2D eigenvalue weighted by Gasteiger charge is -2.10. The molecule has 2 aromatic heterocycles. The van der Waals surface area contributed by atoms with Crippen LogP contribution in [0.25, 0.3) is 17.3 Å². The van der Waals surface area contributed by atoms with Crippen molar-refractivity contribution in [3.8, 4) is 17.3 Å². The van der Waals surface area contributed by atoms with E-state index in [1.807, 2.05) is 41.8 Å². The summed E-state index contributed by atoms with van der Waals surface area (Å²) in [6.45, 7) is 2.05. The topological polar surface area (TPSA) is 43.9 Å². The highest BCUT2D eigenvalue weighted by molar-refractivity contribution is 7.98. The summed E-state index contributed by atoms with van der Waals surface area (Å²) in [5.74, 6) is 1.75. The van der Waals surface area contributed by atoms with E-state index >= 15 is 0 Å².